The highest BCUT2D eigenvalue weighted by atomic mass is 16.5. The number of ether oxygens (including phenoxy) is 2. The van der Waals surface area contributed by atoms with Crippen LogP contribution in [-0.2, 0) is 27.3 Å². The molecular weight excluding hydrogens is 392 g/mol. The van der Waals surface area contributed by atoms with Gasteiger partial charge in [-0.15, -0.1) is 0 Å². The maximum Gasteiger partial charge on any atom is 0.338 e. The highest BCUT2D eigenvalue weighted by Crippen LogP contribution is 2.24. The lowest BCUT2D eigenvalue weighted by Crippen LogP contribution is -2.47. The van der Waals surface area contributed by atoms with Gasteiger partial charge in [-0.1, -0.05) is 30.9 Å². The third-order valence-electron chi connectivity index (χ3n) is 6.40. The third-order valence-corrected chi connectivity index (χ3v) is 6.40. The largest absolute Gasteiger partial charge is 0.457 e. The van der Waals surface area contributed by atoms with Gasteiger partial charge in [0, 0.05) is 50.4 Å². The standard InChI is InChI=1S/C25H30N2O4/c1-3-21-23(17-31-24(21)28)18(2)5-4-9-26-11-13-27(14-12-26)10-8-19-6-7-22-20(15-19)16-30-25(22)29/h3,5-7,15H,1,4,8-14,16-17H2,2H3/b18-5+. The number of carbonyl (C=O) groups excluding carboxylic acids is 2. The van der Waals surface area contributed by atoms with Gasteiger partial charge in [0.15, 0.2) is 0 Å². The number of esters is 2. The van der Waals surface area contributed by atoms with E-state index in [0.29, 0.717) is 24.4 Å². The van der Waals surface area contributed by atoms with Crippen LogP contribution in [0.3, 0.4) is 0 Å². The number of rotatable bonds is 8. The normalized spacial score (nSPS) is 20.1. The van der Waals surface area contributed by atoms with Gasteiger partial charge in [0.05, 0.1) is 11.1 Å². The van der Waals surface area contributed by atoms with Gasteiger partial charge in [-0.2, -0.15) is 0 Å². The van der Waals surface area contributed by atoms with Gasteiger partial charge < -0.3 is 19.3 Å². The molecule has 1 aromatic carbocycles. The topological polar surface area (TPSA) is 59.1 Å². The van der Waals surface area contributed by atoms with Crippen LogP contribution in [0.2, 0.25) is 0 Å². The van der Waals surface area contributed by atoms with Crippen LogP contribution in [0.1, 0.15) is 34.8 Å². The van der Waals surface area contributed by atoms with Gasteiger partial charge in [-0.25, -0.2) is 9.59 Å². The van der Waals surface area contributed by atoms with E-state index >= 15 is 0 Å². The summed E-state index contributed by atoms with van der Waals surface area (Å²) in [4.78, 5) is 28.2. The molecule has 0 bridgehead atoms. The van der Waals surface area contributed by atoms with E-state index in [2.05, 4.69) is 28.5 Å². The second-order valence-corrected chi connectivity index (χ2v) is 8.35. The Labute approximate surface area is 183 Å². The van der Waals surface area contributed by atoms with Crippen molar-refractivity contribution in [2.24, 2.45) is 0 Å². The molecule has 1 aromatic rings. The van der Waals surface area contributed by atoms with Crippen molar-refractivity contribution in [1.29, 1.82) is 0 Å². The first-order valence-corrected chi connectivity index (χ1v) is 11.0. The Morgan fingerprint density at radius 3 is 2.48 bits per heavy atom. The number of fused-ring (bicyclic) bond motifs is 1. The van der Waals surface area contributed by atoms with Crippen molar-refractivity contribution in [1.82, 2.24) is 9.80 Å². The van der Waals surface area contributed by atoms with Gasteiger partial charge >= 0.3 is 11.9 Å². The van der Waals surface area contributed by atoms with Gasteiger partial charge in [0.2, 0.25) is 0 Å². The Morgan fingerprint density at radius 2 is 1.74 bits per heavy atom. The Kier molecular flexibility index (Phi) is 6.68. The molecule has 0 atom stereocenters. The number of carbonyl (C=O) groups is 2. The van der Waals surface area contributed by atoms with E-state index in [4.69, 9.17) is 9.47 Å². The van der Waals surface area contributed by atoms with Crippen LogP contribution in [0.4, 0.5) is 0 Å². The van der Waals surface area contributed by atoms with E-state index < -0.39 is 0 Å². The van der Waals surface area contributed by atoms with Crippen LogP contribution in [0, 0.1) is 0 Å². The smallest absolute Gasteiger partial charge is 0.338 e. The summed E-state index contributed by atoms with van der Waals surface area (Å²) < 4.78 is 10.2. The van der Waals surface area contributed by atoms with Crippen LogP contribution in [0.15, 0.2) is 53.6 Å². The molecule has 1 saturated heterocycles. The van der Waals surface area contributed by atoms with E-state index in [1.165, 1.54) is 5.56 Å². The average molecular weight is 423 g/mol. The maximum absolute atomic E-state index is 11.7. The summed E-state index contributed by atoms with van der Waals surface area (Å²) in [7, 11) is 0. The molecule has 3 heterocycles. The van der Waals surface area contributed by atoms with Crippen LogP contribution >= 0.6 is 0 Å². The summed E-state index contributed by atoms with van der Waals surface area (Å²) >= 11 is 0. The Bertz CT molecular complexity index is 939. The monoisotopic (exact) mass is 422 g/mol. The van der Waals surface area contributed by atoms with Crippen molar-refractivity contribution in [3.8, 4) is 0 Å². The zero-order valence-corrected chi connectivity index (χ0v) is 18.2. The summed E-state index contributed by atoms with van der Waals surface area (Å²) in [6.45, 7) is 12.9. The lowest BCUT2D eigenvalue weighted by atomic mass is 10.0. The summed E-state index contributed by atoms with van der Waals surface area (Å²) in [6.07, 6.45) is 5.75. The van der Waals surface area contributed by atoms with Crippen LogP contribution < -0.4 is 0 Å². The van der Waals surface area contributed by atoms with Crippen LogP contribution in [0.25, 0.3) is 0 Å². The quantitative estimate of drug-likeness (QED) is 0.601. The van der Waals surface area contributed by atoms with Crippen molar-refractivity contribution in [2.45, 2.75) is 26.4 Å². The molecule has 3 aliphatic rings. The minimum atomic E-state index is -0.268. The summed E-state index contributed by atoms with van der Waals surface area (Å²) in [5, 5.41) is 0. The molecule has 0 aliphatic carbocycles. The number of hydrogen-bond acceptors (Lipinski definition) is 6. The minimum absolute atomic E-state index is 0.203. The summed E-state index contributed by atoms with van der Waals surface area (Å²) in [5.41, 5.74) is 5.67. The first-order valence-electron chi connectivity index (χ1n) is 11.0. The second kappa shape index (κ2) is 9.62. The van der Waals surface area contributed by atoms with Crippen molar-refractivity contribution in [3.05, 3.63) is 70.3 Å². The van der Waals surface area contributed by atoms with Gasteiger partial charge in [-0.05, 0) is 37.0 Å². The Hall–Kier alpha value is -2.70. The first kappa shape index (κ1) is 21.5. The molecule has 164 valence electrons. The number of hydrogen-bond donors (Lipinski definition) is 0. The molecule has 0 saturated carbocycles. The molecule has 1 fully saturated rings. The number of nitrogens with zero attached hydrogens (tertiary/aromatic N) is 2. The predicted molar refractivity (Wildman–Crippen MR) is 119 cm³/mol. The zero-order valence-electron chi connectivity index (χ0n) is 18.2. The predicted octanol–water partition coefficient (Wildman–Crippen LogP) is 2.89. The van der Waals surface area contributed by atoms with Crippen molar-refractivity contribution in [3.63, 3.8) is 0 Å². The number of cyclic esters (lactones) is 2. The molecule has 0 radical (unpaired) electrons. The van der Waals surface area contributed by atoms with Crippen LogP contribution in [-0.4, -0.2) is 67.6 Å². The second-order valence-electron chi connectivity index (χ2n) is 8.35. The SMILES string of the molecule is C=CC1=C(/C(C)=C/CCN2CCN(CCc3ccc4c(c3)COC4=O)CC2)COC1=O. The summed E-state index contributed by atoms with van der Waals surface area (Å²) in [6, 6.07) is 6.06. The fraction of sp³-hybridized carbons (Fsp3) is 0.440. The Morgan fingerprint density at radius 1 is 1.03 bits per heavy atom. The van der Waals surface area contributed by atoms with Crippen molar-refractivity contribution in [2.75, 3.05) is 45.9 Å². The van der Waals surface area contributed by atoms with Crippen molar-refractivity contribution >= 4 is 11.9 Å². The van der Waals surface area contributed by atoms with E-state index in [1.807, 2.05) is 19.1 Å². The van der Waals surface area contributed by atoms with Crippen molar-refractivity contribution < 1.29 is 19.1 Å². The van der Waals surface area contributed by atoms with Gasteiger partial charge in [0.1, 0.15) is 13.2 Å². The third kappa shape index (κ3) is 4.97. The fourth-order valence-electron chi connectivity index (χ4n) is 4.40. The van der Waals surface area contributed by atoms with Gasteiger partial charge in [0.25, 0.3) is 0 Å². The minimum Gasteiger partial charge on any atom is -0.457 e. The summed E-state index contributed by atoms with van der Waals surface area (Å²) in [5.74, 6) is -0.471. The lowest BCUT2D eigenvalue weighted by molar-refractivity contribution is -0.135. The number of benzene rings is 1. The number of piperazine rings is 1. The van der Waals surface area contributed by atoms with E-state index in [0.717, 1.165) is 68.8 Å². The fourth-order valence-corrected chi connectivity index (χ4v) is 4.40. The Balaban J connectivity index is 1.19. The molecule has 0 unspecified atom stereocenters. The first-order chi connectivity index (χ1) is 15.0. The van der Waals surface area contributed by atoms with E-state index in [9.17, 15) is 9.59 Å². The maximum atomic E-state index is 11.7. The zero-order chi connectivity index (χ0) is 21.8. The molecule has 0 aromatic heterocycles. The molecule has 31 heavy (non-hydrogen) atoms. The molecule has 6 heteroatoms. The molecular formula is C25H30N2O4. The van der Waals surface area contributed by atoms with Gasteiger partial charge in [-0.3, -0.25) is 0 Å². The molecule has 0 N–H and O–H groups in total. The molecule has 0 amide bonds. The van der Waals surface area contributed by atoms with Crippen LogP contribution in [0.5, 0.6) is 0 Å². The molecule has 6 nitrogen and oxygen atoms in total. The highest BCUT2D eigenvalue weighted by Gasteiger charge is 2.23. The lowest BCUT2D eigenvalue weighted by Gasteiger charge is -2.34. The average Bonchev–Trinajstić information content (AvgIpc) is 3.35. The highest BCUT2D eigenvalue weighted by molar-refractivity contribution is 5.95. The molecule has 0 spiro atoms. The van der Waals surface area contributed by atoms with E-state index in [-0.39, 0.29) is 11.9 Å². The molecule has 3 aliphatic heterocycles. The molecule has 4 rings (SSSR count). The van der Waals surface area contributed by atoms with E-state index in [1.54, 1.807) is 6.08 Å².